The zero-order chi connectivity index (χ0) is 16.2. The third kappa shape index (κ3) is 3.57. The molecule has 0 bridgehead atoms. The molecule has 1 fully saturated rings. The fraction of sp³-hybridized carbons (Fsp3) is 0.400. The summed E-state index contributed by atoms with van der Waals surface area (Å²) in [5, 5.41) is 2.02. The molecule has 1 aliphatic heterocycles. The average molecular weight is 310 g/mol. The number of methoxy groups -OCH3 is 1. The van der Waals surface area contributed by atoms with E-state index in [9.17, 15) is 0 Å². The lowest BCUT2D eigenvalue weighted by molar-refractivity contribution is 0.0923. The second-order valence-electron chi connectivity index (χ2n) is 6.52. The Labute approximate surface area is 139 Å². The molecule has 3 heteroatoms. The molecule has 1 heterocycles. The molecule has 2 unspecified atom stereocenters. The van der Waals surface area contributed by atoms with Crippen molar-refractivity contribution >= 4 is 0 Å². The Morgan fingerprint density at radius 2 is 1.96 bits per heavy atom. The highest BCUT2D eigenvalue weighted by molar-refractivity contribution is 5.37. The second-order valence-corrected chi connectivity index (χ2v) is 6.52. The molecule has 1 aliphatic rings. The first kappa shape index (κ1) is 16.0. The van der Waals surface area contributed by atoms with Crippen LogP contribution in [0.25, 0.3) is 0 Å². The smallest absolute Gasteiger partial charge is 0.122 e. The predicted octanol–water partition coefficient (Wildman–Crippen LogP) is 3.87. The lowest BCUT2D eigenvalue weighted by Crippen LogP contribution is -2.44. The van der Waals surface area contributed by atoms with Gasteiger partial charge in [-0.2, -0.15) is 0 Å². The highest BCUT2D eigenvalue weighted by Gasteiger charge is 2.31. The van der Waals surface area contributed by atoms with Crippen LogP contribution in [0.4, 0.5) is 0 Å². The van der Waals surface area contributed by atoms with Crippen molar-refractivity contribution in [3.05, 3.63) is 65.2 Å². The van der Waals surface area contributed by atoms with E-state index in [0.29, 0.717) is 5.92 Å². The van der Waals surface area contributed by atoms with Gasteiger partial charge in [-0.25, -0.2) is 5.01 Å². The molecular weight excluding hydrogens is 284 g/mol. The fourth-order valence-electron chi connectivity index (χ4n) is 3.78. The Bertz CT molecular complexity index is 641. The maximum absolute atomic E-state index is 6.36. The van der Waals surface area contributed by atoms with Crippen molar-refractivity contribution in [1.82, 2.24) is 5.01 Å². The van der Waals surface area contributed by atoms with Gasteiger partial charge in [-0.3, -0.25) is 5.84 Å². The number of aryl methyl sites for hydroxylation is 1. The minimum atomic E-state index is 0.273. The largest absolute Gasteiger partial charge is 0.496 e. The molecule has 0 spiro atoms. The number of rotatable bonds is 4. The van der Waals surface area contributed by atoms with Crippen LogP contribution in [0, 0.1) is 12.8 Å². The van der Waals surface area contributed by atoms with Gasteiger partial charge in [0.2, 0.25) is 0 Å². The number of hydrogen-bond acceptors (Lipinski definition) is 3. The molecule has 2 N–H and O–H groups in total. The first-order valence-electron chi connectivity index (χ1n) is 8.39. The number of nitrogens with zero attached hydrogens (tertiary/aromatic N) is 1. The maximum atomic E-state index is 6.36. The van der Waals surface area contributed by atoms with Crippen LogP contribution in [-0.4, -0.2) is 18.7 Å². The number of benzene rings is 2. The summed E-state index contributed by atoms with van der Waals surface area (Å²) in [6.45, 7) is 3.09. The Hall–Kier alpha value is -1.84. The number of piperidine rings is 1. The minimum Gasteiger partial charge on any atom is -0.496 e. The van der Waals surface area contributed by atoms with E-state index in [1.54, 1.807) is 7.11 Å². The summed E-state index contributed by atoms with van der Waals surface area (Å²) >= 11 is 0. The van der Waals surface area contributed by atoms with Crippen molar-refractivity contribution in [3.8, 4) is 5.75 Å². The van der Waals surface area contributed by atoms with Crippen molar-refractivity contribution in [1.29, 1.82) is 0 Å². The van der Waals surface area contributed by atoms with E-state index in [1.165, 1.54) is 23.1 Å². The zero-order valence-electron chi connectivity index (χ0n) is 14.0. The summed E-state index contributed by atoms with van der Waals surface area (Å²) in [5.41, 5.74) is 3.87. The monoisotopic (exact) mass is 310 g/mol. The lowest BCUT2D eigenvalue weighted by Gasteiger charge is -2.39. The first-order chi connectivity index (χ1) is 11.2. The highest BCUT2D eigenvalue weighted by Crippen LogP contribution is 2.37. The standard InChI is InChI=1S/C20H26N2O/c1-15-10-11-19(23-2)18(13-15)14-17-9-6-12-22(21)20(17)16-7-4-3-5-8-16/h3-5,7-8,10-11,13,17,20H,6,9,12,14,21H2,1-2H3. The molecule has 0 saturated carbocycles. The van der Waals surface area contributed by atoms with Gasteiger partial charge in [0, 0.05) is 6.54 Å². The molecule has 0 aromatic heterocycles. The van der Waals surface area contributed by atoms with Crippen LogP contribution in [-0.2, 0) is 6.42 Å². The van der Waals surface area contributed by atoms with Gasteiger partial charge in [0.25, 0.3) is 0 Å². The number of hydrogen-bond donors (Lipinski definition) is 1. The Morgan fingerprint density at radius 3 is 2.70 bits per heavy atom. The maximum Gasteiger partial charge on any atom is 0.122 e. The van der Waals surface area contributed by atoms with Crippen LogP contribution in [0.3, 0.4) is 0 Å². The molecule has 2 atom stereocenters. The molecule has 122 valence electrons. The minimum absolute atomic E-state index is 0.273. The normalized spacial score (nSPS) is 22.0. The third-order valence-corrected chi connectivity index (χ3v) is 4.85. The molecule has 2 aromatic carbocycles. The van der Waals surface area contributed by atoms with E-state index in [0.717, 1.165) is 25.1 Å². The highest BCUT2D eigenvalue weighted by atomic mass is 16.5. The van der Waals surface area contributed by atoms with Crippen LogP contribution in [0.5, 0.6) is 5.75 Å². The molecule has 1 saturated heterocycles. The topological polar surface area (TPSA) is 38.5 Å². The summed E-state index contributed by atoms with van der Waals surface area (Å²) in [4.78, 5) is 0. The van der Waals surface area contributed by atoms with E-state index in [-0.39, 0.29) is 6.04 Å². The Morgan fingerprint density at radius 1 is 1.17 bits per heavy atom. The van der Waals surface area contributed by atoms with Gasteiger partial charge < -0.3 is 4.74 Å². The van der Waals surface area contributed by atoms with Crippen molar-refractivity contribution < 1.29 is 4.74 Å². The molecule has 3 rings (SSSR count). The molecule has 0 aliphatic carbocycles. The van der Waals surface area contributed by atoms with Crippen LogP contribution in [0.15, 0.2) is 48.5 Å². The van der Waals surface area contributed by atoms with E-state index in [2.05, 4.69) is 55.5 Å². The SMILES string of the molecule is COc1ccc(C)cc1CC1CCCN(N)C1c1ccccc1. The average Bonchev–Trinajstić information content (AvgIpc) is 2.56. The number of ether oxygens (including phenoxy) is 1. The summed E-state index contributed by atoms with van der Waals surface area (Å²) in [7, 11) is 1.75. The van der Waals surface area contributed by atoms with Gasteiger partial charge in [-0.1, -0.05) is 48.0 Å². The van der Waals surface area contributed by atoms with Crippen molar-refractivity contribution in [2.45, 2.75) is 32.2 Å². The molecule has 23 heavy (non-hydrogen) atoms. The molecule has 0 amide bonds. The molecule has 0 radical (unpaired) electrons. The van der Waals surface area contributed by atoms with E-state index >= 15 is 0 Å². The second kappa shape index (κ2) is 7.16. The Kier molecular flexibility index (Phi) is 4.99. The third-order valence-electron chi connectivity index (χ3n) is 4.85. The Balaban J connectivity index is 1.89. The van der Waals surface area contributed by atoms with Crippen LogP contribution in [0.1, 0.15) is 35.6 Å². The van der Waals surface area contributed by atoms with Gasteiger partial charge >= 0.3 is 0 Å². The van der Waals surface area contributed by atoms with E-state index in [4.69, 9.17) is 10.6 Å². The van der Waals surface area contributed by atoms with Crippen molar-refractivity contribution in [2.75, 3.05) is 13.7 Å². The first-order valence-corrected chi connectivity index (χ1v) is 8.39. The fourth-order valence-corrected chi connectivity index (χ4v) is 3.78. The van der Waals surface area contributed by atoms with Gasteiger partial charge in [0.15, 0.2) is 0 Å². The molecular formula is C20H26N2O. The van der Waals surface area contributed by atoms with Gasteiger partial charge in [-0.15, -0.1) is 0 Å². The summed E-state index contributed by atoms with van der Waals surface area (Å²) < 4.78 is 5.56. The summed E-state index contributed by atoms with van der Waals surface area (Å²) in [5.74, 6) is 7.85. The van der Waals surface area contributed by atoms with Crippen LogP contribution in [0.2, 0.25) is 0 Å². The van der Waals surface area contributed by atoms with Crippen molar-refractivity contribution in [2.24, 2.45) is 11.8 Å². The van der Waals surface area contributed by atoms with Crippen LogP contribution < -0.4 is 10.6 Å². The molecule has 3 nitrogen and oxygen atoms in total. The summed E-state index contributed by atoms with van der Waals surface area (Å²) in [6.07, 6.45) is 3.35. The zero-order valence-corrected chi connectivity index (χ0v) is 14.0. The molecule has 2 aromatic rings. The van der Waals surface area contributed by atoms with E-state index in [1.807, 2.05) is 5.01 Å². The van der Waals surface area contributed by atoms with Gasteiger partial charge in [0.1, 0.15) is 5.75 Å². The van der Waals surface area contributed by atoms with E-state index < -0.39 is 0 Å². The van der Waals surface area contributed by atoms with Crippen LogP contribution >= 0.6 is 0 Å². The van der Waals surface area contributed by atoms with Gasteiger partial charge in [-0.05, 0) is 49.3 Å². The number of nitrogens with two attached hydrogens (primary N) is 1. The van der Waals surface area contributed by atoms with Crippen molar-refractivity contribution in [3.63, 3.8) is 0 Å². The predicted molar refractivity (Wildman–Crippen MR) is 94.2 cm³/mol. The lowest BCUT2D eigenvalue weighted by atomic mass is 9.81. The summed E-state index contributed by atoms with van der Waals surface area (Å²) in [6, 6.07) is 17.3. The van der Waals surface area contributed by atoms with Gasteiger partial charge in [0.05, 0.1) is 13.2 Å². The quantitative estimate of drug-likeness (QED) is 0.871. The number of hydrazine groups is 1.